The highest BCUT2D eigenvalue weighted by atomic mass is 79.9. The molecule has 0 aliphatic heterocycles. The lowest BCUT2D eigenvalue weighted by Crippen LogP contribution is -2.66. The summed E-state index contributed by atoms with van der Waals surface area (Å²) in [6, 6.07) is 0. The lowest BCUT2D eigenvalue weighted by Gasteiger charge is -2.64. The summed E-state index contributed by atoms with van der Waals surface area (Å²) < 4.78 is -0.494. The summed E-state index contributed by atoms with van der Waals surface area (Å²) in [6.07, 6.45) is 8.94. The molecule has 3 fully saturated rings. The van der Waals surface area contributed by atoms with E-state index in [1.807, 2.05) is 13.0 Å². The van der Waals surface area contributed by atoms with Crippen LogP contribution in [0.2, 0.25) is 0 Å². The number of rotatable bonds is 2. The van der Waals surface area contributed by atoms with Gasteiger partial charge in [-0.1, -0.05) is 62.2 Å². The normalized spacial score (nSPS) is 52.5. The maximum absolute atomic E-state index is 13.1. The molecule has 154 valence electrons. The fourth-order valence-corrected chi connectivity index (χ4v) is 8.83. The first-order chi connectivity index (χ1) is 13.0. The number of hydrogen-bond acceptors (Lipinski definition) is 3. The van der Waals surface area contributed by atoms with Gasteiger partial charge < -0.3 is 5.11 Å². The fraction of sp³-hybridized carbons (Fsp3) is 0.750. The average Bonchev–Trinajstić information content (AvgIpc) is 2.84. The average molecular weight is 449 g/mol. The lowest BCUT2D eigenvalue weighted by molar-refractivity contribution is -0.149. The van der Waals surface area contributed by atoms with E-state index in [4.69, 9.17) is 0 Å². The minimum atomic E-state index is -0.570. The highest BCUT2D eigenvalue weighted by molar-refractivity contribution is 9.10. The Kier molecular flexibility index (Phi) is 4.50. The highest BCUT2D eigenvalue weighted by Gasteiger charge is 2.72. The number of aliphatic hydroxyl groups is 1. The molecule has 0 saturated heterocycles. The van der Waals surface area contributed by atoms with Crippen LogP contribution < -0.4 is 0 Å². The molecule has 28 heavy (non-hydrogen) atoms. The number of Topliss-reactive ketones (excluding diaryl/α,β-unsaturated/α-hetero) is 1. The number of alkyl halides is 1. The number of fused-ring (bicyclic) bond motifs is 5. The van der Waals surface area contributed by atoms with E-state index in [1.54, 1.807) is 12.2 Å². The first-order valence-corrected chi connectivity index (χ1v) is 11.6. The summed E-state index contributed by atoms with van der Waals surface area (Å²) in [5.74, 6) is 1.35. The van der Waals surface area contributed by atoms with Gasteiger partial charge in [-0.25, -0.2) is 0 Å². The van der Waals surface area contributed by atoms with Crippen LogP contribution in [-0.4, -0.2) is 27.1 Å². The molecule has 4 aliphatic carbocycles. The van der Waals surface area contributed by atoms with Crippen LogP contribution in [0.4, 0.5) is 0 Å². The van der Waals surface area contributed by atoms with E-state index in [9.17, 15) is 14.7 Å². The molecule has 8 atom stereocenters. The van der Waals surface area contributed by atoms with Crippen molar-refractivity contribution in [1.29, 1.82) is 0 Å². The minimum absolute atomic E-state index is 0.0489. The zero-order valence-corrected chi connectivity index (χ0v) is 19.3. The van der Waals surface area contributed by atoms with Gasteiger partial charge in [-0.2, -0.15) is 0 Å². The number of carbonyl (C=O) groups excluding carboxylic acids is 2. The van der Waals surface area contributed by atoms with Gasteiger partial charge in [0.2, 0.25) is 0 Å². The van der Waals surface area contributed by atoms with Crippen molar-refractivity contribution < 1.29 is 14.7 Å². The van der Waals surface area contributed by atoms with Gasteiger partial charge in [0, 0.05) is 17.3 Å². The van der Waals surface area contributed by atoms with Gasteiger partial charge >= 0.3 is 0 Å². The van der Waals surface area contributed by atoms with Gasteiger partial charge in [0.1, 0.15) is 5.78 Å². The van der Waals surface area contributed by atoms with Crippen LogP contribution in [-0.2, 0) is 9.59 Å². The third-order valence-electron chi connectivity index (χ3n) is 9.71. The zero-order valence-electron chi connectivity index (χ0n) is 17.7. The number of carbonyl (C=O) groups is 2. The van der Waals surface area contributed by atoms with E-state index in [0.717, 1.165) is 24.8 Å². The second-order valence-corrected chi connectivity index (χ2v) is 11.7. The van der Waals surface area contributed by atoms with Crippen LogP contribution in [0.5, 0.6) is 0 Å². The second-order valence-electron chi connectivity index (χ2n) is 10.4. The Balaban J connectivity index is 1.84. The summed E-state index contributed by atoms with van der Waals surface area (Å²) in [6.45, 7) is 10.8. The predicted molar refractivity (Wildman–Crippen MR) is 114 cm³/mol. The molecule has 0 heterocycles. The molecule has 0 radical (unpaired) electrons. The Morgan fingerprint density at radius 3 is 2.61 bits per heavy atom. The Morgan fingerprint density at radius 2 is 1.96 bits per heavy atom. The van der Waals surface area contributed by atoms with E-state index < -0.39 is 15.8 Å². The Morgan fingerprint density at radius 1 is 1.29 bits per heavy atom. The van der Waals surface area contributed by atoms with Crippen molar-refractivity contribution in [2.24, 2.45) is 34.0 Å². The zero-order chi connectivity index (χ0) is 20.7. The van der Waals surface area contributed by atoms with Gasteiger partial charge in [0.05, 0.1) is 10.4 Å². The van der Waals surface area contributed by atoms with Crippen molar-refractivity contribution >= 4 is 27.5 Å². The summed E-state index contributed by atoms with van der Waals surface area (Å²) >= 11 is 4.09. The second kappa shape index (κ2) is 6.14. The first kappa shape index (κ1) is 20.5. The maximum atomic E-state index is 13.1. The number of halogens is 1. The van der Waals surface area contributed by atoms with Crippen molar-refractivity contribution in [3.05, 3.63) is 23.8 Å². The number of aliphatic hydroxyl groups excluding tert-OH is 1. The molecule has 4 rings (SSSR count). The van der Waals surface area contributed by atoms with E-state index in [1.165, 1.54) is 0 Å². The molecular formula is C24H33BrO3. The van der Waals surface area contributed by atoms with Crippen molar-refractivity contribution in [3.8, 4) is 0 Å². The van der Waals surface area contributed by atoms with Crippen LogP contribution in [0.15, 0.2) is 23.8 Å². The van der Waals surface area contributed by atoms with Gasteiger partial charge in [-0.05, 0) is 61.0 Å². The van der Waals surface area contributed by atoms with Crippen molar-refractivity contribution in [1.82, 2.24) is 0 Å². The van der Waals surface area contributed by atoms with Crippen LogP contribution in [0.3, 0.4) is 0 Å². The van der Waals surface area contributed by atoms with Crippen molar-refractivity contribution in [2.45, 2.75) is 77.2 Å². The van der Waals surface area contributed by atoms with Crippen molar-refractivity contribution in [3.63, 3.8) is 0 Å². The number of hydrogen-bond donors (Lipinski definition) is 1. The van der Waals surface area contributed by atoms with Crippen LogP contribution in [0.25, 0.3) is 0 Å². The minimum Gasteiger partial charge on any atom is -0.392 e. The molecule has 0 aromatic heterocycles. The molecule has 0 amide bonds. The molecule has 4 aliphatic rings. The molecule has 0 unspecified atom stereocenters. The Bertz CT molecular complexity index is 800. The summed E-state index contributed by atoms with van der Waals surface area (Å²) in [5.41, 5.74) is 0.167. The smallest absolute Gasteiger partial charge is 0.178 e. The highest BCUT2D eigenvalue weighted by Crippen LogP contribution is 2.74. The van der Waals surface area contributed by atoms with Crippen LogP contribution in [0.1, 0.15) is 66.7 Å². The molecular weight excluding hydrogens is 416 g/mol. The van der Waals surface area contributed by atoms with E-state index >= 15 is 0 Å². The maximum Gasteiger partial charge on any atom is 0.178 e. The molecule has 0 aromatic carbocycles. The Hall–Kier alpha value is -0.740. The van der Waals surface area contributed by atoms with E-state index in [0.29, 0.717) is 30.5 Å². The quantitative estimate of drug-likeness (QED) is 0.603. The lowest BCUT2D eigenvalue weighted by atomic mass is 9.44. The molecule has 3 nitrogen and oxygen atoms in total. The van der Waals surface area contributed by atoms with Crippen LogP contribution >= 0.6 is 15.9 Å². The molecule has 0 bridgehead atoms. The predicted octanol–water partition coefficient (Wildman–Crippen LogP) is 5.01. The molecule has 4 heteroatoms. The van der Waals surface area contributed by atoms with Crippen LogP contribution in [0, 0.1) is 34.0 Å². The largest absolute Gasteiger partial charge is 0.392 e. The van der Waals surface area contributed by atoms with Gasteiger partial charge in [-0.3, -0.25) is 9.59 Å². The number of allylic oxidation sites excluding steroid dienone is 4. The monoisotopic (exact) mass is 448 g/mol. The summed E-state index contributed by atoms with van der Waals surface area (Å²) in [7, 11) is 0. The SMILES string of the molecule is CCC(=O)[C@@]1(C)[C@H](C)C[C@H]2[C@@H]3CCC4=CC(=O)C=C[C@]4(C)[C@@]3(Br)[C@@H](O)C[C@@]21C. The summed E-state index contributed by atoms with van der Waals surface area (Å²) in [5, 5.41) is 11.6. The number of ketones is 2. The van der Waals surface area contributed by atoms with E-state index in [-0.39, 0.29) is 22.5 Å². The molecule has 0 aromatic rings. The van der Waals surface area contributed by atoms with Gasteiger partial charge in [-0.15, -0.1) is 0 Å². The molecule has 3 saturated carbocycles. The first-order valence-electron chi connectivity index (χ1n) is 10.8. The third kappa shape index (κ3) is 2.14. The topological polar surface area (TPSA) is 54.4 Å². The van der Waals surface area contributed by atoms with E-state index in [2.05, 4.69) is 43.6 Å². The van der Waals surface area contributed by atoms with Gasteiger partial charge in [0.25, 0.3) is 0 Å². The molecule has 0 spiro atoms. The fourth-order valence-electron chi connectivity index (χ4n) is 7.73. The van der Waals surface area contributed by atoms with Gasteiger partial charge in [0.15, 0.2) is 5.78 Å². The Labute approximate surface area is 177 Å². The summed E-state index contributed by atoms with van der Waals surface area (Å²) in [4.78, 5) is 25.1. The van der Waals surface area contributed by atoms with Crippen molar-refractivity contribution in [2.75, 3.05) is 0 Å². The molecule has 1 N–H and O–H groups in total. The third-order valence-corrected chi connectivity index (χ3v) is 11.7. The standard InChI is InChI=1S/C24H33BrO3/c1-6-19(27)23(5)14(2)11-18-17-8-7-15-12-16(26)9-10-21(15,3)24(17,25)20(28)13-22(18,23)4/h9-10,12,14,17-18,20,28H,6-8,11,13H2,1-5H3/t14-,17+,18+,20+,21+,22+,23-,24+/m1/s1.